The molecule has 0 radical (unpaired) electrons. The van der Waals surface area contributed by atoms with Gasteiger partial charge < -0.3 is 9.64 Å². The first-order chi connectivity index (χ1) is 13.6. The Labute approximate surface area is 175 Å². The van der Waals surface area contributed by atoms with Crippen molar-refractivity contribution in [2.75, 3.05) is 26.2 Å². The molecule has 0 atom stereocenters. The Bertz CT molecular complexity index is 998. The molecule has 0 spiro atoms. The van der Waals surface area contributed by atoms with Gasteiger partial charge in [0.1, 0.15) is 15.7 Å². The Morgan fingerprint density at radius 2 is 1.93 bits per heavy atom. The number of aromatic nitrogens is 1. The van der Waals surface area contributed by atoms with E-state index in [2.05, 4.69) is 16.4 Å². The zero-order valence-corrected chi connectivity index (χ0v) is 18.6. The zero-order valence-electron chi connectivity index (χ0n) is 17.0. The number of thiophene rings is 1. The van der Waals surface area contributed by atoms with E-state index in [1.54, 1.807) is 42.6 Å². The monoisotopic (exact) mass is 437 g/mol. The summed E-state index contributed by atoms with van der Waals surface area (Å²) >= 11 is 1.65. The number of ether oxygens (including phenoxy) is 1. The quantitative estimate of drug-likeness (QED) is 0.735. The first kappa shape index (κ1) is 20.6. The minimum Gasteiger partial charge on any atom is -0.444 e. The van der Waals surface area contributed by atoms with Gasteiger partial charge in [0.05, 0.1) is 0 Å². The predicted octanol–water partition coefficient (Wildman–Crippen LogP) is 3.42. The summed E-state index contributed by atoms with van der Waals surface area (Å²) < 4.78 is 32.8. The highest BCUT2D eigenvalue weighted by Gasteiger charge is 2.44. The molecule has 4 rings (SSSR count). The number of carbonyl (C=O) groups is 1. The van der Waals surface area contributed by atoms with Gasteiger partial charge in [0.15, 0.2) is 0 Å². The Balaban J connectivity index is 1.34. The molecule has 0 bridgehead atoms. The minimum absolute atomic E-state index is 0.206. The molecule has 158 valence electrons. The van der Waals surface area contributed by atoms with Crippen molar-refractivity contribution in [3.05, 3.63) is 29.3 Å². The maximum atomic E-state index is 13.0. The lowest BCUT2D eigenvalue weighted by Gasteiger charge is -2.42. The van der Waals surface area contributed by atoms with Gasteiger partial charge in [0.25, 0.3) is 0 Å². The molecule has 0 saturated carbocycles. The van der Waals surface area contributed by atoms with Crippen LogP contribution in [0.25, 0.3) is 10.2 Å². The van der Waals surface area contributed by atoms with Crippen molar-refractivity contribution >= 4 is 37.7 Å². The number of nitrogens with zero attached hydrogens (tertiary/aromatic N) is 3. The second kappa shape index (κ2) is 7.52. The molecule has 2 aliphatic rings. The Morgan fingerprint density at radius 3 is 2.59 bits per heavy atom. The van der Waals surface area contributed by atoms with Crippen LogP contribution in [0.2, 0.25) is 0 Å². The second-order valence-electron chi connectivity index (χ2n) is 8.77. The highest BCUT2D eigenvalue weighted by Crippen LogP contribution is 2.37. The molecule has 2 aromatic heterocycles. The fourth-order valence-corrected chi connectivity index (χ4v) is 6.81. The summed E-state index contributed by atoms with van der Waals surface area (Å²) in [6, 6.07) is 4.04. The fourth-order valence-electron chi connectivity index (χ4n) is 3.94. The molecule has 2 saturated heterocycles. The predicted molar refractivity (Wildman–Crippen MR) is 114 cm³/mol. The molecule has 0 aromatic carbocycles. The van der Waals surface area contributed by atoms with E-state index in [-0.39, 0.29) is 13.1 Å². The molecule has 2 aliphatic heterocycles. The number of hydrogen-bond donors (Lipinski definition) is 0. The molecule has 0 unspecified atom stereocenters. The van der Waals surface area contributed by atoms with Crippen LogP contribution in [0, 0.1) is 0 Å². The largest absolute Gasteiger partial charge is 0.444 e. The minimum atomic E-state index is -3.40. The van der Waals surface area contributed by atoms with Crippen LogP contribution in [-0.2, 0) is 14.8 Å². The molecule has 29 heavy (non-hydrogen) atoms. The maximum absolute atomic E-state index is 13.0. The summed E-state index contributed by atoms with van der Waals surface area (Å²) in [6.45, 7) is 6.86. The van der Waals surface area contributed by atoms with Crippen LogP contribution < -0.4 is 0 Å². The second-order valence-corrected chi connectivity index (χ2v) is 11.8. The Hall–Kier alpha value is -1.71. The fraction of sp³-hybridized carbons (Fsp3) is 0.600. The van der Waals surface area contributed by atoms with Gasteiger partial charge in [0.2, 0.25) is 10.0 Å². The van der Waals surface area contributed by atoms with Crippen molar-refractivity contribution in [1.82, 2.24) is 14.2 Å². The highest BCUT2D eigenvalue weighted by atomic mass is 32.2. The molecule has 2 aromatic rings. The normalized spacial score (nSPS) is 20.0. The van der Waals surface area contributed by atoms with Gasteiger partial charge >= 0.3 is 6.09 Å². The summed E-state index contributed by atoms with van der Waals surface area (Å²) in [6.07, 6.45) is 2.97. The van der Waals surface area contributed by atoms with Crippen LogP contribution in [-0.4, -0.2) is 65.7 Å². The average Bonchev–Trinajstić information content (AvgIpc) is 3.03. The highest BCUT2D eigenvalue weighted by molar-refractivity contribution is 7.89. The maximum Gasteiger partial charge on any atom is 0.410 e. The molecule has 1 amide bonds. The lowest BCUT2D eigenvalue weighted by atomic mass is 9.90. The SMILES string of the molecule is CC(C)(C)OC(=O)N1CC(S(=O)(=O)N2CCC(c3csc4ncccc34)CC2)C1. The smallest absolute Gasteiger partial charge is 0.410 e. The lowest BCUT2D eigenvalue weighted by molar-refractivity contribution is 0.0135. The van der Waals surface area contributed by atoms with Crippen molar-refractivity contribution in [3.63, 3.8) is 0 Å². The van der Waals surface area contributed by atoms with Crippen LogP contribution in [0.3, 0.4) is 0 Å². The van der Waals surface area contributed by atoms with Gasteiger partial charge in [-0.1, -0.05) is 6.07 Å². The number of piperidine rings is 1. The van der Waals surface area contributed by atoms with E-state index in [1.807, 2.05) is 6.07 Å². The molecule has 9 heteroatoms. The van der Waals surface area contributed by atoms with Crippen molar-refractivity contribution in [3.8, 4) is 0 Å². The molecule has 4 heterocycles. The molecule has 0 N–H and O–H groups in total. The zero-order chi connectivity index (χ0) is 20.8. The van der Waals surface area contributed by atoms with E-state index in [0.29, 0.717) is 19.0 Å². The molecule has 0 aliphatic carbocycles. The summed E-state index contributed by atoms with van der Waals surface area (Å²) in [7, 11) is -3.40. The van der Waals surface area contributed by atoms with Gasteiger partial charge in [0, 0.05) is 37.8 Å². The summed E-state index contributed by atoms with van der Waals surface area (Å²) in [5.41, 5.74) is 0.708. The molecular formula is C20H27N3O4S2. The molecule has 2 fully saturated rings. The summed E-state index contributed by atoms with van der Waals surface area (Å²) in [5.74, 6) is 0.360. The third kappa shape index (κ3) is 4.13. The first-order valence-electron chi connectivity index (χ1n) is 9.94. The van der Waals surface area contributed by atoms with Crippen molar-refractivity contribution in [2.45, 2.75) is 50.4 Å². The lowest BCUT2D eigenvalue weighted by Crippen LogP contribution is -2.61. The standard InChI is InChI=1S/C20H27N3O4S2/c1-20(2,3)27-19(24)22-11-15(12-22)29(25,26)23-9-6-14(7-10-23)17-13-28-18-16(17)5-4-8-21-18/h4-5,8,13-15H,6-7,9-12H2,1-3H3. The van der Waals surface area contributed by atoms with Crippen molar-refractivity contribution < 1.29 is 17.9 Å². The van der Waals surface area contributed by atoms with E-state index in [4.69, 9.17) is 4.74 Å². The van der Waals surface area contributed by atoms with Gasteiger partial charge in [-0.2, -0.15) is 0 Å². The average molecular weight is 438 g/mol. The number of pyridine rings is 1. The Morgan fingerprint density at radius 1 is 1.24 bits per heavy atom. The topological polar surface area (TPSA) is 79.8 Å². The molecular weight excluding hydrogens is 410 g/mol. The first-order valence-corrected chi connectivity index (χ1v) is 12.3. The van der Waals surface area contributed by atoms with Crippen LogP contribution in [0.15, 0.2) is 23.7 Å². The number of likely N-dealkylation sites (tertiary alicyclic amines) is 1. The number of sulfonamides is 1. The third-order valence-electron chi connectivity index (χ3n) is 5.55. The number of carbonyl (C=O) groups excluding carboxylic acids is 1. The van der Waals surface area contributed by atoms with Gasteiger partial charge in [-0.15, -0.1) is 11.3 Å². The van der Waals surface area contributed by atoms with E-state index < -0.39 is 27.0 Å². The van der Waals surface area contributed by atoms with E-state index in [1.165, 1.54) is 15.8 Å². The Kier molecular flexibility index (Phi) is 5.33. The van der Waals surface area contributed by atoms with Crippen molar-refractivity contribution in [2.24, 2.45) is 0 Å². The summed E-state index contributed by atoms with van der Waals surface area (Å²) in [5, 5.41) is 2.82. The van der Waals surface area contributed by atoms with Crippen LogP contribution in [0.1, 0.15) is 45.1 Å². The van der Waals surface area contributed by atoms with Crippen LogP contribution in [0.4, 0.5) is 4.79 Å². The van der Waals surface area contributed by atoms with Crippen LogP contribution >= 0.6 is 11.3 Å². The number of amides is 1. The number of rotatable bonds is 3. The number of fused-ring (bicyclic) bond motifs is 1. The van der Waals surface area contributed by atoms with Crippen molar-refractivity contribution in [1.29, 1.82) is 0 Å². The third-order valence-corrected chi connectivity index (χ3v) is 8.70. The van der Waals surface area contributed by atoms with E-state index >= 15 is 0 Å². The van der Waals surface area contributed by atoms with E-state index in [0.717, 1.165) is 17.7 Å². The van der Waals surface area contributed by atoms with Gasteiger partial charge in [-0.05, 0) is 56.5 Å². The molecule has 7 nitrogen and oxygen atoms in total. The van der Waals surface area contributed by atoms with E-state index in [9.17, 15) is 13.2 Å². The van der Waals surface area contributed by atoms with Crippen LogP contribution in [0.5, 0.6) is 0 Å². The summed E-state index contributed by atoms with van der Waals surface area (Å²) in [4.78, 5) is 19.0. The van der Waals surface area contributed by atoms with Gasteiger partial charge in [-0.25, -0.2) is 22.5 Å². The number of hydrogen-bond acceptors (Lipinski definition) is 6. The van der Waals surface area contributed by atoms with Gasteiger partial charge in [-0.3, -0.25) is 0 Å².